The fourth-order valence-electron chi connectivity index (χ4n) is 2.12. The molecule has 0 spiro atoms. The van der Waals surface area contributed by atoms with Crippen molar-refractivity contribution in [2.45, 2.75) is 39.2 Å². The van der Waals surface area contributed by atoms with Gasteiger partial charge in [-0.25, -0.2) is 0 Å². The first-order valence-corrected chi connectivity index (χ1v) is 5.02. The number of hydrogen-bond donors (Lipinski definition) is 1. The van der Waals surface area contributed by atoms with Gasteiger partial charge < -0.3 is 10.5 Å². The van der Waals surface area contributed by atoms with E-state index < -0.39 is 0 Å². The Hall–Kier alpha value is -0.570. The molecule has 0 unspecified atom stereocenters. The van der Waals surface area contributed by atoms with E-state index in [1.165, 1.54) is 13.3 Å². The van der Waals surface area contributed by atoms with E-state index in [2.05, 4.69) is 6.92 Å². The third kappa shape index (κ3) is 2.69. The second-order valence-electron chi connectivity index (χ2n) is 3.93. The van der Waals surface area contributed by atoms with Gasteiger partial charge in [-0.1, -0.05) is 6.92 Å². The van der Waals surface area contributed by atoms with Gasteiger partial charge in [0.1, 0.15) is 6.10 Å². The summed E-state index contributed by atoms with van der Waals surface area (Å²) in [5.41, 5.74) is 5.65. The van der Waals surface area contributed by atoms with Crippen LogP contribution < -0.4 is 5.73 Å². The van der Waals surface area contributed by atoms with Gasteiger partial charge in [0.25, 0.3) is 0 Å². The standard InChI is InChI=1S/C10H19NO2/c1-7-9(6-11)4-3-5-10(7)13-8(2)12/h7,9-10H,3-6,11H2,1-2H3/t7-,9+,10-/m0/s1. The van der Waals surface area contributed by atoms with Crippen LogP contribution >= 0.6 is 0 Å². The van der Waals surface area contributed by atoms with Crippen LogP contribution in [0.15, 0.2) is 0 Å². The van der Waals surface area contributed by atoms with Crippen LogP contribution in [0.4, 0.5) is 0 Å². The van der Waals surface area contributed by atoms with E-state index >= 15 is 0 Å². The van der Waals surface area contributed by atoms with Gasteiger partial charge in [0.15, 0.2) is 0 Å². The summed E-state index contributed by atoms with van der Waals surface area (Å²) in [6.45, 7) is 4.31. The first-order valence-electron chi connectivity index (χ1n) is 5.02. The molecule has 1 aliphatic carbocycles. The molecule has 0 aromatic rings. The number of nitrogens with two attached hydrogens (primary N) is 1. The quantitative estimate of drug-likeness (QED) is 0.660. The van der Waals surface area contributed by atoms with Crippen LogP contribution in [0.5, 0.6) is 0 Å². The molecule has 0 heterocycles. The number of carbonyl (C=O) groups excluding carboxylic acids is 1. The number of esters is 1. The molecule has 1 saturated carbocycles. The predicted octanol–water partition coefficient (Wildman–Crippen LogP) is 1.31. The van der Waals surface area contributed by atoms with Gasteiger partial charge in [0.05, 0.1) is 0 Å². The van der Waals surface area contributed by atoms with E-state index in [0.29, 0.717) is 18.4 Å². The van der Waals surface area contributed by atoms with Crippen LogP contribution in [0.1, 0.15) is 33.1 Å². The van der Waals surface area contributed by atoms with Crippen molar-refractivity contribution in [1.29, 1.82) is 0 Å². The van der Waals surface area contributed by atoms with Crippen LogP contribution in [-0.2, 0) is 9.53 Å². The fourth-order valence-corrected chi connectivity index (χ4v) is 2.12. The van der Waals surface area contributed by atoms with Crippen molar-refractivity contribution in [3.8, 4) is 0 Å². The molecule has 0 bridgehead atoms. The first kappa shape index (κ1) is 10.5. The van der Waals surface area contributed by atoms with Crippen LogP contribution in [0, 0.1) is 11.8 Å². The molecule has 0 radical (unpaired) electrons. The lowest BCUT2D eigenvalue weighted by atomic mass is 9.78. The Morgan fingerprint density at radius 3 is 2.77 bits per heavy atom. The van der Waals surface area contributed by atoms with Crippen LogP contribution in [0.2, 0.25) is 0 Å². The van der Waals surface area contributed by atoms with Crippen molar-refractivity contribution < 1.29 is 9.53 Å². The molecule has 0 aromatic heterocycles. The smallest absolute Gasteiger partial charge is 0.302 e. The van der Waals surface area contributed by atoms with Crippen LogP contribution in [0.25, 0.3) is 0 Å². The molecule has 1 aliphatic rings. The SMILES string of the molecule is CC(=O)O[C@H]1CCC[C@H](CN)[C@@H]1C. The number of hydrogen-bond acceptors (Lipinski definition) is 3. The van der Waals surface area contributed by atoms with E-state index in [9.17, 15) is 4.79 Å². The van der Waals surface area contributed by atoms with Crippen molar-refractivity contribution in [3.63, 3.8) is 0 Å². The fraction of sp³-hybridized carbons (Fsp3) is 0.900. The Morgan fingerprint density at radius 2 is 2.23 bits per heavy atom. The molecule has 13 heavy (non-hydrogen) atoms. The molecular weight excluding hydrogens is 166 g/mol. The summed E-state index contributed by atoms with van der Waals surface area (Å²) in [6, 6.07) is 0. The molecule has 0 aliphatic heterocycles. The average molecular weight is 185 g/mol. The van der Waals surface area contributed by atoms with Gasteiger partial charge in [-0.3, -0.25) is 4.79 Å². The van der Waals surface area contributed by atoms with Gasteiger partial charge in [0, 0.05) is 6.92 Å². The van der Waals surface area contributed by atoms with E-state index in [1.54, 1.807) is 0 Å². The maximum absolute atomic E-state index is 10.8. The molecular formula is C10H19NO2. The minimum absolute atomic E-state index is 0.0970. The van der Waals surface area contributed by atoms with Gasteiger partial charge in [-0.2, -0.15) is 0 Å². The zero-order valence-corrected chi connectivity index (χ0v) is 8.45. The topological polar surface area (TPSA) is 52.3 Å². The highest BCUT2D eigenvalue weighted by Gasteiger charge is 2.30. The molecule has 0 amide bonds. The summed E-state index contributed by atoms with van der Waals surface area (Å²) >= 11 is 0. The monoisotopic (exact) mass is 185 g/mol. The average Bonchev–Trinajstić information content (AvgIpc) is 2.08. The summed E-state index contributed by atoms with van der Waals surface area (Å²) in [5, 5.41) is 0. The van der Waals surface area contributed by atoms with Crippen molar-refractivity contribution in [2.75, 3.05) is 6.54 Å². The minimum Gasteiger partial charge on any atom is -0.462 e. The van der Waals surface area contributed by atoms with Crippen molar-refractivity contribution in [3.05, 3.63) is 0 Å². The predicted molar refractivity (Wildman–Crippen MR) is 51.1 cm³/mol. The Kier molecular flexibility index (Phi) is 3.72. The molecule has 3 nitrogen and oxygen atoms in total. The third-order valence-corrected chi connectivity index (χ3v) is 3.01. The molecule has 0 saturated heterocycles. The lowest BCUT2D eigenvalue weighted by Gasteiger charge is -2.34. The largest absolute Gasteiger partial charge is 0.462 e. The Labute approximate surface area is 79.6 Å². The van der Waals surface area contributed by atoms with Gasteiger partial charge in [0.2, 0.25) is 0 Å². The zero-order chi connectivity index (χ0) is 9.84. The maximum atomic E-state index is 10.8. The van der Waals surface area contributed by atoms with Crippen LogP contribution in [0.3, 0.4) is 0 Å². The van der Waals surface area contributed by atoms with E-state index in [4.69, 9.17) is 10.5 Å². The summed E-state index contributed by atoms with van der Waals surface area (Å²) < 4.78 is 5.24. The number of rotatable bonds is 2. The normalized spacial score (nSPS) is 34.2. The third-order valence-electron chi connectivity index (χ3n) is 3.01. The molecule has 3 heteroatoms. The minimum atomic E-state index is -0.172. The molecule has 1 rings (SSSR count). The zero-order valence-electron chi connectivity index (χ0n) is 8.45. The van der Waals surface area contributed by atoms with Crippen LogP contribution in [-0.4, -0.2) is 18.6 Å². The van der Waals surface area contributed by atoms with E-state index in [-0.39, 0.29) is 12.1 Å². The number of carbonyl (C=O) groups is 1. The summed E-state index contributed by atoms with van der Waals surface area (Å²) in [5.74, 6) is 0.773. The van der Waals surface area contributed by atoms with Crippen molar-refractivity contribution in [2.24, 2.45) is 17.6 Å². The number of ether oxygens (including phenoxy) is 1. The lowest BCUT2D eigenvalue weighted by Crippen LogP contribution is -2.37. The molecule has 0 aromatic carbocycles. The Bertz CT molecular complexity index is 182. The second-order valence-corrected chi connectivity index (χ2v) is 3.93. The molecule has 3 atom stereocenters. The highest BCUT2D eigenvalue weighted by Crippen LogP contribution is 2.31. The molecule has 1 fully saturated rings. The summed E-state index contributed by atoms with van der Waals surface area (Å²) in [7, 11) is 0. The Balaban J connectivity index is 2.49. The van der Waals surface area contributed by atoms with Gasteiger partial charge in [-0.15, -0.1) is 0 Å². The lowest BCUT2D eigenvalue weighted by molar-refractivity contribution is -0.151. The van der Waals surface area contributed by atoms with Crippen molar-refractivity contribution >= 4 is 5.97 Å². The summed E-state index contributed by atoms with van der Waals surface area (Å²) in [4.78, 5) is 10.8. The maximum Gasteiger partial charge on any atom is 0.302 e. The first-order chi connectivity index (χ1) is 6.15. The molecule has 2 N–H and O–H groups in total. The van der Waals surface area contributed by atoms with Crippen molar-refractivity contribution in [1.82, 2.24) is 0 Å². The highest BCUT2D eigenvalue weighted by molar-refractivity contribution is 5.66. The van der Waals surface area contributed by atoms with Gasteiger partial charge in [-0.05, 0) is 37.6 Å². The Morgan fingerprint density at radius 1 is 1.54 bits per heavy atom. The second kappa shape index (κ2) is 4.61. The van der Waals surface area contributed by atoms with Gasteiger partial charge >= 0.3 is 5.97 Å². The molecule has 76 valence electrons. The highest BCUT2D eigenvalue weighted by atomic mass is 16.5. The van der Waals surface area contributed by atoms with E-state index in [1.807, 2.05) is 0 Å². The summed E-state index contributed by atoms with van der Waals surface area (Å²) in [6.07, 6.45) is 3.40. The van der Waals surface area contributed by atoms with E-state index in [0.717, 1.165) is 12.8 Å².